The minimum absolute atomic E-state index is 0.325. The van der Waals surface area contributed by atoms with Gasteiger partial charge in [0.2, 0.25) is 0 Å². The van der Waals surface area contributed by atoms with E-state index in [0.29, 0.717) is 17.9 Å². The maximum atomic E-state index is 8.56. The van der Waals surface area contributed by atoms with Crippen molar-refractivity contribution in [2.75, 3.05) is 0 Å². The Hall–Kier alpha value is -1.77. The summed E-state index contributed by atoms with van der Waals surface area (Å²) in [6.45, 7) is 8.55. The first kappa shape index (κ1) is 13.7. The van der Waals surface area contributed by atoms with Gasteiger partial charge in [-0.2, -0.15) is 0 Å². The SMILES string of the molecule is CC(C)N(C(=N)c1cn(C)c2ccccc12)C(C)C. The first-order valence-electron chi connectivity index (χ1n) is 6.84. The highest BCUT2D eigenvalue weighted by Gasteiger charge is 2.21. The molecule has 102 valence electrons. The minimum atomic E-state index is 0.325. The maximum absolute atomic E-state index is 8.56. The van der Waals surface area contributed by atoms with Crippen molar-refractivity contribution in [2.24, 2.45) is 7.05 Å². The van der Waals surface area contributed by atoms with E-state index in [-0.39, 0.29) is 0 Å². The minimum Gasteiger partial charge on any atom is -0.352 e. The smallest absolute Gasteiger partial charge is 0.130 e. The molecule has 2 rings (SSSR count). The summed E-state index contributed by atoms with van der Waals surface area (Å²) in [6, 6.07) is 8.92. The van der Waals surface area contributed by atoms with Gasteiger partial charge in [-0.15, -0.1) is 0 Å². The second kappa shape index (κ2) is 5.08. The molecule has 19 heavy (non-hydrogen) atoms. The van der Waals surface area contributed by atoms with Crippen LogP contribution in [-0.4, -0.2) is 27.4 Å². The molecule has 0 spiro atoms. The number of fused-ring (bicyclic) bond motifs is 1. The monoisotopic (exact) mass is 257 g/mol. The van der Waals surface area contributed by atoms with E-state index in [2.05, 4.69) is 55.5 Å². The lowest BCUT2D eigenvalue weighted by molar-refractivity contribution is 0.291. The molecule has 1 aromatic carbocycles. The van der Waals surface area contributed by atoms with Crippen molar-refractivity contribution in [1.82, 2.24) is 9.47 Å². The highest BCUT2D eigenvalue weighted by atomic mass is 15.2. The number of hydrogen-bond donors (Lipinski definition) is 1. The van der Waals surface area contributed by atoms with Crippen LogP contribution >= 0.6 is 0 Å². The fraction of sp³-hybridized carbons (Fsp3) is 0.438. The van der Waals surface area contributed by atoms with Crippen LogP contribution in [0.25, 0.3) is 10.9 Å². The molecule has 0 radical (unpaired) electrons. The molecule has 0 atom stereocenters. The molecule has 0 fully saturated rings. The predicted octanol–water partition coefficient (Wildman–Crippen LogP) is 3.62. The van der Waals surface area contributed by atoms with Crippen molar-refractivity contribution in [1.29, 1.82) is 5.41 Å². The van der Waals surface area contributed by atoms with Gasteiger partial charge in [-0.1, -0.05) is 18.2 Å². The second-order valence-electron chi connectivity index (χ2n) is 5.61. The number of amidine groups is 1. The largest absolute Gasteiger partial charge is 0.352 e. The lowest BCUT2D eigenvalue weighted by Gasteiger charge is -2.33. The average Bonchev–Trinajstić information content (AvgIpc) is 2.66. The summed E-state index contributed by atoms with van der Waals surface area (Å²) in [7, 11) is 2.04. The van der Waals surface area contributed by atoms with E-state index < -0.39 is 0 Å². The van der Waals surface area contributed by atoms with E-state index in [1.807, 2.05) is 19.2 Å². The van der Waals surface area contributed by atoms with Crippen molar-refractivity contribution < 1.29 is 0 Å². The van der Waals surface area contributed by atoms with Gasteiger partial charge in [-0.25, -0.2) is 0 Å². The van der Waals surface area contributed by atoms with Gasteiger partial charge in [0.15, 0.2) is 0 Å². The van der Waals surface area contributed by atoms with Crippen LogP contribution in [0.15, 0.2) is 30.5 Å². The highest BCUT2D eigenvalue weighted by molar-refractivity contribution is 6.08. The molecule has 2 aromatic rings. The molecule has 0 saturated carbocycles. The number of rotatable bonds is 3. The summed E-state index contributed by atoms with van der Waals surface area (Å²) < 4.78 is 2.10. The molecule has 0 aliphatic rings. The molecule has 0 bridgehead atoms. The summed E-state index contributed by atoms with van der Waals surface area (Å²) in [5.74, 6) is 0.613. The molecule has 0 aliphatic heterocycles. The van der Waals surface area contributed by atoms with Gasteiger partial charge < -0.3 is 9.47 Å². The highest BCUT2D eigenvalue weighted by Crippen LogP contribution is 2.23. The average molecular weight is 257 g/mol. The molecule has 0 saturated heterocycles. The molecular weight excluding hydrogens is 234 g/mol. The molecule has 3 nitrogen and oxygen atoms in total. The molecule has 0 amide bonds. The Bertz CT molecular complexity index is 585. The van der Waals surface area contributed by atoms with Crippen LogP contribution in [0.5, 0.6) is 0 Å². The summed E-state index contributed by atoms with van der Waals surface area (Å²) in [5.41, 5.74) is 2.19. The Labute approximate surface area is 115 Å². The van der Waals surface area contributed by atoms with Gasteiger partial charge in [-0.05, 0) is 33.8 Å². The third-order valence-corrected chi connectivity index (χ3v) is 3.52. The molecule has 1 heterocycles. The zero-order valence-electron chi connectivity index (χ0n) is 12.4. The standard InChI is InChI=1S/C16H23N3/c1-11(2)19(12(3)4)16(17)14-10-18(5)15-9-7-6-8-13(14)15/h6-12,17H,1-5H3. The van der Waals surface area contributed by atoms with Crippen LogP contribution in [0.3, 0.4) is 0 Å². The molecule has 3 heteroatoms. The molecule has 1 aromatic heterocycles. The number of para-hydroxylation sites is 1. The van der Waals surface area contributed by atoms with Crippen LogP contribution < -0.4 is 0 Å². The number of nitrogens with one attached hydrogen (secondary N) is 1. The molecule has 0 unspecified atom stereocenters. The van der Waals surface area contributed by atoms with Crippen molar-refractivity contribution in [2.45, 2.75) is 39.8 Å². The third-order valence-electron chi connectivity index (χ3n) is 3.52. The Morgan fingerprint density at radius 3 is 2.26 bits per heavy atom. The third kappa shape index (κ3) is 2.37. The van der Waals surface area contributed by atoms with Crippen molar-refractivity contribution in [3.05, 3.63) is 36.0 Å². The van der Waals surface area contributed by atoms with E-state index in [9.17, 15) is 0 Å². The lowest BCUT2D eigenvalue weighted by atomic mass is 10.1. The lowest BCUT2D eigenvalue weighted by Crippen LogP contribution is -2.42. The first-order valence-corrected chi connectivity index (χ1v) is 6.84. The number of aryl methyl sites for hydroxylation is 1. The Morgan fingerprint density at radius 2 is 1.68 bits per heavy atom. The topological polar surface area (TPSA) is 32.0 Å². The first-order chi connectivity index (χ1) is 8.93. The van der Waals surface area contributed by atoms with Crippen LogP contribution in [0.1, 0.15) is 33.3 Å². The van der Waals surface area contributed by atoms with Gasteiger partial charge in [0.25, 0.3) is 0 Å². The normalized spacial score (nSPS) is 11.5. The van der Waals surface area contributed by atoms with Crippen LogP contribution in [0, 0.1) is 5.41 Å². The van der Waals surface area contributed by atoms with Gasteiger partial charge >= 0.3 is 0 Å². The number of benzene rings is 1. The van der Waals surface area contributed by atoms with Crippen molar-refractivity contribution in [3.63, 3.8) is 0 Å². The summed E-state index contributed by atoms with van der Waals surface area (Å²) in [6.07, 6.45) is 2.06. The Morgan fingerprint density at radius 1 is 1.11 bits per heavy atom. The van der Waals surface area contributed by atoms with Crippen molar-refractivity contribution in [3.8, 4) is 0 Å². The fourth-order valence-electron chi connectivity index (χ4n) is 2.78. The van der Waals surface area contributed by atoms with Gasteiger partial charge in [0.1, 0.15) is 5.84 Å². The van der Waals surface area contributed by atoms with Crippen LogP contribution in [-0.2, 0) is 7.05 Å². The van der Waals surface area contributed by atoms with E-state index in [1.54, 1.807) is 0 Å². The van der Waals surface area contributed by atoms with Gasteiger partial charge in [-0.3, -0.25) is 5.41 Å². The van der Waals surface area contributed by atoms with E-state index >= 15 is 0 Å². The van der Waals surface area contributed by atoms with Gasteiger partial charge in [0.05, 0.1) is 0 Å². The quantitative estimate of drug-likeness (QED) is 0.661. The van der Waals surface area contributed by atoms with E-state index in [0.717, 1.165) is 10.9 Å². The molecular formula is C16H23N3. The van der Waals surface area contributed by atoms with E-state index in [4.69, 9.17) is 5.41 Å². The van der Waals surface area contributed by atoms with Crippen LogP contribution in [0.2, 0.25) is 0 Å². The molecule has 1 N–H and O–H groups in total. The number of aromatic nitrogens is 1. The predicted molar refractivity (Wildman–Crippen MR) is 81.9 cm³/mol. The van der Waals surface area contributed by atoms with Gasteiger partial charge in [0, 0.05) is 41.8 Å². The van der Waals surface area contributed by atoms with Crippen LogP contribution in [0.4, 0.5) is 0 Å². The Balaban J connectivity index is 2.52. The van der Waals surface area contributed by atoms with Crippen molar-refractivity contribution >= 4 is 16.7 Å². The fourth-order valence-corrected chi connectivity index (χ4v) is 2.78. The van der Waals surface area contributed by atoms with E-state index in [1.165, 1.54) is 5.52 Å². The second-order valence-corrected chi connectivity index (χ2v) is 5.61. The summed E-state index contributed by atoms with van der Waals surface area (Å²) in [4.78, 5) is 2.15. The Kier molecular flexibility index (Phi) is 3.65. The number of nitrogens with zero attached hydrogens (tertiary/aromatic N) is 2. The summed E-state index contributed by atoms with van der Waals surface area (Å²) in [5, 5.41) is 9.71. The summed E-state index contributed by atoms with van der Waals surface area (Å²) >= 11 is 0. The zero-order valence-corrected chi connectivity index (χ0v) is 12.4. The zero-order chi connectivity index (χ0) is 14.2. The molecule has 0 aliphatic carbocycles. The number of hydrogen-bond acceptors (Lipinski definition) is 1. The maximum Gasteiger partial charge on any atom is 0.130 e.